The van der Waals surface area contributed by atoms with Gasteiger partial charge in [-0.1, -0.05) is 35.5 Å². The van der Waals surface area contributed by atoms with Crippen molar-refractivity contribution < 1.29 is 13.7 Å². The number of amides is 1. The van der Waals surface area contributed by atoms with Gasteiger partial charge < -0.3 is 9.84 Å². The number of carbonyl (C=O) groups is 1. The van der Waals surface area contributed by atoms with Crippen molar-refractivity contribution in [2.24, 2.45) is 0 Å². The molecule has 21 heavy (non-hydrogen) atoms. The Hall–Kier alpha value is -2.95. The lowest BCUT2D eigenvalue weighted by molar-refractivity contribution is 0.0988. The Bertz CT molecular complexity index is 769. The number of hydrogen-bond acceptors (Lipinski definition) is 3. The molecule has 0 radical (unpaired) electrons. The third-order valence-electron chi connectivity index (χ3n) is 2.89. The summed E-state index contributed by atoms with van der Waals surface area (Å²) in [6.45, 7) is 0. The van der Waals surface area contributed by atoms with Crippen LogP contribution < -0.4 is 5.32 Å². The van der Waals surface area contributed by atoms with Gasteiger partial charge in [-0.25, -0.2) is 4.39 Å². The second kappa shape index (κ2) is 5.58. The topological polar surface area (TPSA) is 55.1 Å². The molecule has 0 saturated heterocycles. The highest BCUT2D eigenvalue weighted by molar-refractivity contribution is 6.02. The van der Waals surface area contributed by atoms with E-state index in [9.17, 15) is 9.18 Å². The molecular weight excluding hydrogens is 271 g/mol. The molecule has 1 N–H and O–H groups in total. The monoisotopic (exact) mass is 282 g/mol. The summed E-state index contributed by atoms with van der Waals surface area (Å²) in [5.41, 5.74) is 1.62. The Labute approximate surface area is 120 Å². The highest BCUT2D eigenvalue weighted by atomic mass is 19.1. The first-order chi connectivity index (χ1) is 10.2. The lowest BCUT2D eigenvalue weighted by Gasteiger charge is -2.00. The van der Waals surface area contributed by atoms with E-state index in [0.717, 1.165) is 0 Å². The average molecular weight is 282 g/mol. The fourth-order valence-corrected chi connectivity index (χ4v) is 1.88. The minimum Gasteiger partial charge on any atom is -0.350 e. The van der Waals surface area contributed by atoms with Gasteiger partial charge >= 0.3 is 0 Å². The summed E-state index contributed by atoms with van der Waals surface area (Å²) in [4.78, 5) is 12.0. The van der Waals surface area contributed by atoms with Gasteiger partial charge in [-0.15, -0.1) is 0 Å². The number of para-hydroxylation sites is 1. The summed E-state index contributed by atoms with van der Waals surface area (Å²) in [5.74, 6) is -0.708. The Morgan fingerprint density at radius 2 is 1.86 bits per heavy atom. The number of nitrogens with one attached hydrogen (secondary N) is 1. The van der Waals surface area contributed by atoms with Crippen LogP contribution in [-0.4, -0.2) is 11.1 Å². The second-order valence-corrected chi connectivity index (χ2v) is 4.41. The van der Waals surface area contributed by atoms with Crippen LogP contribution in [0.15, 0.2) is 65.2 Å². The van der Waals surface area contributed by atoms with Crippen LogP contribution in [0.3, 0.4) is 0 Å². The molecule has 104 valence electrons. The van der Waals surface area contributed by atoms with Gasteiger partial charge in [0.25, 0.3) is 5.91 Å². The number of halogens is 1. The molecule has 0 fully saturated rings. The molecule has 3 aromatic rings. The van der Waals surface area contributed by atoms with E-state index < -0.39 is 5.91 Å². The highest BCUT2D eigenvalue weighted by Crippen LogP contribution is 2.20. The molecule has 1 amide bonds. The maximum atomic E-state index is 13.2. The summed E-state index contributed by atoms with van der Waals surface area (Å²) in [6.07, 6.45) is 0. The van der Waals surface area contributed by atoms with E-state index in [2.05, 4.69) is 10.5 Å². The largest absolute Gasteiger partial charge is 0.350 e. The molecule has 0 unspecified atom stereocenters. The molecule has 0 spiro atoms. The average Bonchev–Trinajstić information content (AvgIpc) is 2.98. The van der Waals surface area contributed by atoms with Crippen molar-refractivity contribution in [3.05, 3.63) is 72.2 Å². The molecule has 0 aliphatic carbocycles. The zero-order valence-electron chi connectivity index (χ0n) is 10.9. The van der Waals surface area contributed by atoms with Gasteiger partial charge in [0, 0.05) is 17.3 Å². The van der Waals surface area contributed by atoms with Crippen LogP contribution >= 0.6 is 0 Å². The number of aromatic nitrogens is 1. The normalized spacial score (nSPS) is 10.3. The molecule has 0 atom stereocenters. The third-order valence-corrected chi connectivity index (χ3v) is 2.89. The molecule has 0 aliphatic rings. The van der Waals surface area contributed by atoms with Crippen molar-refractivity contribution in [3.63, 3.8) is 0 Å². The van der Waals surface area contributed by atoms with E-state index in [1.54, 1.807) is 24.3 Å². The van der Waals surface area contributed by atoms with E-state index in [-0.39, 0.29) is 11.6 Å². The van der Waals surface area contributed by atoms with Crippen LogP contribution in [0.25, 0.3) is 11.3 Å². The molecule has 0 bridgehead atoms. The number of rotatable bonds is 3. The first-order valence-electron chi connectivity index (χ1n) is 6.31. The van der Waals surface area contributed by atoms with Gasteiger partial charge in [0.2, 0.25) is 5.76 Å². The van der Waals surface area contributed by atoms with Crippen LogP contribution in [0, 0.1) is 5.82 Å². The number of nitrogens with zero attached hydrogens (tertiary/aromatic N) is 1. The molecule has 1 heterocycles. The van der Waals surface area contributed by atoms with Crippen LogP contribution in [0.2, 0.25) is 0 Å². The number of hydrogen-bond donors (Lipinski definition) is 1. The molecule has 2 aromatic carbocycles. The smallest absolute Gasteiger partial charge is 0.294 e. The summed E-state index contributed by atoms with van der Waals surface area (Å²) in [6, 6.07) is 16.4. The SMILES string of the molecule is O=C(Nc1ccccc1)c1cc(-c2cccc(F)c2)no1. The summed E-state index contributed by atoms with van der Waals surface area (Å²) >= 11 is 0. The quantitative estimate of drug-likeness (QED) is 0.796. The molecule has 5 heteroatoms. The molecule has 0 saturated carbocycles. The van der Waals surface area contributed by atoms with E-state index in [1.807, 2.05) is 18.2 Å². The van der Waals surface area contributed by atoms with Gasteiger partial charge in [0.05, 0.1) is 0 Å². The minimum absolute atomic E-state index is 0.0677. The number of anilines is 1. The van der Waals surface area contributed by atoms with Crippen molar-refractivity contribution in [1.82, 2.24) is 5.16 Å². The highest BCUT2D eigenvalue weighted by Gasteiger charge is 2.14. The minimum atomic E-state index is -0.406. The molecule has 1 aromatic heterocycles. The zero-order chi connectivity index (χ0) is 14.7. The fourth-order valence-electron chi connectivity index (χ4n) is 1.88. The lowest BCUT2D eigenvalue weighted by Crippen LogP contribution is -2.10. The fraction of sp³-hybridized carbons (Fsp3) is 0. The summed E-state index contributed by atoms with van der Waals surface area (Å²) < 4.78 is 18.2. The van der Waals surface area contributed by atoms with Crippen LogP contribution in [-0.2, 0) is 0 Å². The van der Waals surface area contributed by atoms with Crippen LogP contribution in [0.5, 0.6) is 0 Å². The Morgan fingerprint density at radius 1 is 1.05 bits per heavy atom. The van der Waals surface area contributed by atoms with Crippen molar-refractivity contribution >= 4 is 11.6 Å². The number of benzene rings is 2. The van der Waals surface area contributed by atoms with E-state index in [4.69, 9.17) is 4.52 Å². The van der Waals surface area contributed by atoms with E-state index in [1.165, 1.54) is 18.2 Å². The standard InChI is InChI=1S/C16H11FN2O2/c17-12-6-4-5-11(9-12)14-10-15(21-19-14)16(20)18-13-7-2-1-3-8-13/h1-10H,(H,18,20). The predicted molar refractivity (Wildman–Crippen MR) is 76.3 cm³/mol. The van der Waals surface area contributed by atoms with Crippen molar-refractivity contribution in [2.45, 2.75) is 0 Å². The summed E-state index contributed by atoms with van der Waals surface area (Å²) in [7, 11) is 0. The van der Waals surface area contributed by atoms with Crippen molar-refractivity contribution in [3.8, 4) is 11.3 Å². The van der Waals surface area contributed by atoms with Crippen LogP contribution in [0.1, 0.15) is 10.6 Å². The van der Waals surface area contributed by atoms with Crippen LogP contribution in [0.4, 0.5) is 10.1 Å². The van der Waals surface area contributed by atoms with Gasteiger partial charge in [-0.2, -0.15) is 0 Å². The van der Waals surface area contributed by atoms with Gasteiger partial charge in [0.1, 0.15) is 11.5 Å². The maximum Gasteiger partial charge on any atom is 0.294 e. The summed E-state index contributed by atoms with van der Waals surface area (Å²) in [5, 5.41) is 6.48. The molecule has 4 nitrogen and oxygen atoms in total. The lowest BCUT2D eigenvalue weighted by atomic mass is 10.1. The van der Waals surface area contributed by atoms with E-state index in [0.29, 0.717) is 16.9 Å². The molecule has 3 rings (SSSR count). The van der Waals surface area contributed by atoms with Gasteiger partial charge in [-0.3, -0.25) is 4.79 Å². The van der Waals surface area contributed by atoms with Gasteiger partial charge in [-0.05, 0) is 24.3 Å². The number of carbonyl (C=O) groups excluding carboxylic acids is 1. The predicted octanol–water partition coefficient (Wildman–Crippen LogP) is 3.73. The molecule has 0 aliphatic heterocycles. The van der Waals surface area contributed by atoms with Crippen molar-refractivity contribution in [2.75, 3.05) is 5.32 Å². The van der Waals surface area contributed by atoms with E-state index >= 15 is 0 Å². The second-order valence-electron chi connectivity index (χ2n) is 4.41. The Balaban J connectivity index is 1.80. The van der Waals surface area contributed by atoms with Crippen molar-refractivity contribution in [1.29, 1.82) is 0 Å². The molecular formula is C16H11FN2O2. The first-order valence-corrected chi connectivity index (χ1v) is 6.31. The Morgan fingerprint density at radius 3 is 2.62 bits per heavy atom. The first kappa shape index (κ1) is 13.1. The Kier molecular flexibility index (Phi) is 3.47. The zero-order valence-corrected chi connectivity index (χ0v) is 10.9. The van der Waals surface area contributed by atoms with Gasteiger partial charge in [0.15, 0.2) is 0 Å². The third kappa shape index (κ3) is 2.97. The maximum absolute atomic E-state index is 13.2.